The van der Waals surface area contributed by atoms with Gasteiger partial charge in [-0.3, -0.25) is 18.8 Å². The number of aryl methyl sites for hydroxylation is 1. The van der Waals surface area contributed by atoms with E-state index in [4.69, 9.17) is 5.26 Å². The van der Waals surface area contributed by atoms with Crippen molar-refractivity contribution in [3.63, 3.8) is 0 Å². The second-order valence-electron chi connectivity index (χ2n) is 4.51. The number of nitriles is 1. The van der Waals surface area contributed by atoms with Gasteiger partial charge in [-0.15, -0.1) is 11.3 Å². The first kappa shape index (κ1) is 14.0. The summed E-state index contributed by atoms with van der Waals surface area (Å²) in [4.78, 5) is 28.4. The van der Waals surface area contributed by atoms with Crippen molar-refractivity contribution in [2.75, 3.05) is 5.32 Å². The highest BCUT2D eigenvalue weighted by atomic mass is 32.1. The van der Waals surface area contributed by atoms with Crippen LogP contribution >= 0.6 is 11.3 Å². The van der Waals surface area contributed by atoms with Crippen molar-refractivity contribution in [2.24, 2.45) is 7.05 Å². The molecule has 0 aliphatic rings. The van der Waals surface area contributed by atoms with E-state index in [2.05, 4.69) is 15.4 Å². The average Bonchev–Trinajstić information content (AvgIpc) is 3.09. The van der Waals surface area contributed by atoms with Crippen LogP contribution in [0.4, 0.5) is 5.00 Å². The molecule has 0 bridgehead atoms. The van der Waals surface area contributed by atoms with E-state index in [1.54, 1.807) is 18.5 Å². The van der Waals surface area contributed by atoms with E-state index in [1.165, 1.54) is 33.1 Å². The Morgan fingerprint density at radius 1 is 1.55 bits per heavy atom. The van der Waals surface area contributed by atoms with Crippen LogP contribution in [0.15, 0.2) is 28.8 Å². The summed E-state index contributed by atoms with van der Waals surface area (Å²) in [5.74, 6) is -0.397. The maximum Gasteiger partial charge on any atom is 0.264 e. The van der Waals surface area contributed by atoms with Gasteiger partial charge in [-0.2, -0.15) is 10.4 Å². The molecule has 0 spiro atoms. The highest BCUT2D eigenvalue weighted by Gasteiger charge is 2.12. The van der Waals surface area contributed by atoms with Crippen LogP contribution in [-0.4, -0.2) is 25.2 Å². The Bertz CT molecular complexity index is 961. The first-order valence-corrected chi connectivity index (χ1v) is 7.12. The lowest BCUT2D eigenvalue weighted by Crippen LogP contribution is -2.27. The van der Waals surface area contributed by atoms with E-state index >= 15 is 0 Å². The molecule has 0 atom stereocenters. The first-order chi connectivity index (χ1) is 10.6. The number of thiophene rings is 1. The largest absolute Gasteiger partial charge is 0.315 e. The van der Waals surface area contributed by atoms with Crippen molar-refractivity contribution in [1.82, 2.24) is 19.3 Å². The molecular weight excluding hydrogens is 304 g/mol. The van der Waals surface area contributed by atoms with E-state index in [1.807, 2.05) is 6.07 Å². The summed E-state index contributed by atoms with van der Waals surface area (Å²) >= 11 is 1.25. The predicted octanol–water partition coefficient (Wildman–Crippen LogP) is 0.702. The highest BCUT2D eigenvalue weighted by Crippen LogP contribution is 2.21. The average molecular weight is 314 g/mol. The van der Waals surface area contributed by atoms with Gasteiger partial charge in [0, 0.05) is 7.05 Å². The predicted molar refractivity (Wildman–Crippen MR) is 80.4 cm³/mol. The summed E-state index contributed by atoms with van der Waals surface area (Å²) in [5, 5.41) is 18.0. The molecule has 0 fully saturated rings. The third-order valence-corrected chi connectivity index (χ3v) is 3.90. The Morgan fingerprint density at radius 2 is 2.36 bits per heavy atom. The van der Waals surface area contributed by atoms with Crippen molar-refractivity contribution in [3.8, 4) is 6.07 Å². The number of carbonyl (C=O) groups excluding carboxylic acids is 1. The van der Waals surface area contributed by atoms with Gasteiger partial charge in [0.25, 0.3) is 5.56 Å². The lowest BCUT2D eigenvalue weighted by molar-refractivity contribution is -0.116. The smallest absolute Gasteiger partial charge is 0.264 e. The Labute approximate surface area is 128 Å². The zero-order valence-electron chi connectivity index (χ0n) is 11.5. The molecule has 3 heterocycles. The minimum Gasteiger partial charge on any atom is -0.315 e. The van der Waals surface area contributed by atoms with Crippen molar-refractivity contribution in [1.29, 1.82) is 5.26 Å². The van der Waals surface area contributed by atoms with Crippen molar-refractivity contribution < 1.29 is 4.79 Å². The number of hydrogen-bond acceptors (Lipinski definition) is 6. The van der Waals surface area contributed by atoms with Crippen LogP contribution in [0.1, 0.15) is 5.56 Å². The summed E-state index contributed by atoms with van der Waals surface area (Å²) < 4.78 is 2.70. The van der Waals surface area contributed by atoms with Crippen LogP contribution in [-0.2, 0) is 18.4 Å². The topological polar surface area (TPSA) is 106 Å². The van der Waals surface area contributed by atoms with Crippen molar-refractivity contribution in [3.05, 3.63) is 39.9 Å². The maximum absolute atomic E-state index is 12.2. The molecule has 3 aromatic rings. The number of rotatable bonds is 3. The minimum absolute atomic E-state index is 0.181. The molecular formula is C13H10N6O2S. The molecule has 1 N–H and O–H groups in total. The number of aromatic nitrogens is 4. The van der Waals surface area contributed by atoms with E-state index in [0.29, 0.717) is 21.6 Å². The van der Waals surface area contributed by atoms with Gasteiger partial charge in [0.1, 0.15) is 29.3 Å². The van der Waals surface area contributed by atoms with Gasteiger partial charge in [0.05, 0.1) is 11.8 Å². The monoisotopic (exact) mass is 314 g/mol. The number of anilines is 1. The Morgan fingerprint density at radius 3 is 3.14 bits per heavy atom. The van der Waals surface area contributed by atoms with Gasteiger partial charge in [0.2, 0.25) is 5.91 Å². The quantitative estimate of drug-likeness (QED) is 0.766. The molecule has 0 saturated carbocycles. The molecule has 22 heavy (non-hydrogen) atoms. The van der Waals surface area contributed by atoms with Crippen molar-refractivity contribution >= 4 is 33.3 Å². The zero-order chi connectivity index (χ0) is 15.7. The molecule has 0 radical (unpaired) electrons. The van der Waals surface area contributed by atoms with Gasteiger partial charge in [-0.25, -0.2) is 4.98 Å². The first-order valence-electron chi connectivity index (χ1n) is 6.24. The van der Waals surface area contributed by atoms with Gasteiger partial charge in [-0.1, -0.05) is 0 Å². The minimum atomic E-state index is -0.397. The molecule has 110 valence electrons. The van der Waals surface area contributed by atoms with E-state index in [0.717, 1.165) is 0 Å². The van der Waals surface area contributed by atoms with Crippen LogP contribution in [0.5, 0.6) is 0 Å². The summed E-state index contributed by atoms with van der Waals surface area (Å²) in [6.07, 6.45) is 2.73. The van der Waals surface area contributed by atoms with Gasteiger partial charge < -0.3 is 5.32 Å². The molecule has 9 heteroatoms. The lowest BCUT2D eigenvalue weighted by Gasteiger charge is -2.06. The van der Waals surface area contributed by atoms with Gasteiger partial charge in [-0.05, 0) is 11.4 Å². The van der Waals surface area contributed by atoms with Crippen LogP contribution in [0.3, 0.4) is 0 Å². The highest BCUT2D eigenvalue weighted by molar-refractivity contribution is 7.14. The van der Waals surface area contributed by atoms with Crippen LogP contribution < -0.4 is 10.9 Å². The molecule has 0 aliphatic carbocycles. The van der Waals surface area contributed by atoms with Crippen LogP contribution in [0, 0.1) is 11.3 Å². The standard InChI is InChI=1S/C13H10N6O2S/c1-18-11-9(5-16-18)13(21)19(7-15-11)6-10(20)17-12-8(4-14)2-3-22-12/h2-3,5,7H,6H2,1H3,(H,17,20). The number of carbonyl (C=O) groups is 1. The fourth-order valence-electron chi connectivity index (χ4n) is 1.99. The summed E-state index contributed by atoms with van der Waals surface area (Å²) in [7, 11) is 1.69. The van der Waals surface area contributed by atoms with Gasteiger partial charge >= 0.3 is 0 Å². The Hall–Kier alpha value is -2.99. The Kier molecular flexibility index (Phi) is 3.44. The fourth-order valence-corrected chi connectivity index (χ4v) is 2.75. The Balaban J connectivity index is 1.84. The third-order valence-electron chi connectivity index (χ3n) is 3.07. The van der Waals surface area contributed by atoms with E-state index in [-0.39, 0.29) is 12.1 Å². The number of nitrogens with one attached hydrogen (secondary N) is 1. The third kappa shape index (κ3) is 2.36. The summed E-state index contributed by atoms with van der Waals surface area (Å²) in [6, 6.07) is 3.61. The normalized spacial score (nSPS) is 10.5. The number of nitrogens with zero attached hydrogens (tertiary/aromatic N) is 5. The molecule has 8 nitrogen and oxygen atoms in total. The SMILES string of the molecule is Cn1ncc2c(=O)n(CC(=O)Nc3sccc3C#N)cnc21. The zero-order valence-corrected chi connectivity index (χ0v) is 12.3. The number of fused-ring (bicyclic) bond motifs is 1. The van der Waals surface area contributed by atoms with E-state index in [9.17, 15) is 9.59 Å². The molecule has 0 saturated heterocycles. The van der Waals surface area contributed by atoms with Crippen LogP contribution in [0.2, 0.25) is 0 Å². The van der Waals surface area contributed by atoms with Crippen LogP contribution in [0.25, 0.3) is 11.0 Å². The molecule has 0 unspecified atom stereocenters. The number of hydrogen-bond donors (Lipinski definition) is 1. The molecule has 0 aromatic carbocycles. The summed E-state index contributed by atoms with van der Waals surface area (Å²) in [6.45, 7) is -0.181. The van der Waals surface area contributed by atoms with Crippen molar-refractivity contribution in [2.45, 2.75) is 6.54 Å². The molecule has 3 aromatic heterocycles. The molecule has 1 amide bonds. The second kappa shape index (κ2) is 5.42. The van der Waals surface area contributed by atoms with E-state index < -0.39 is 5.91 Å². The second-order valence-corrected chi connectivity index (χ2v) is 5.42. The fraction of sp³-hybridized carbons (Fsp3) is 0.154. The molecule has 0 aliphatic heterocycles. The number of amides is 1. The maximum atomic E-state index is 12.2. The molecule has 3 rings (SSSR count). The lowest BCUT2D eigenvalue weighted by atomic mass is 10.3. The van der Waals surface area contributed by atoms with Gasteiger partial charge in [0.15, 0.2) is 5.65 Å². The summed E-state index contributed by atoms with van der Waals surface area (Å²) in [5.41, 5.74) is 0.526.